The molecule has 0 radical (unpaired) electrons. The quantitative estimate of drug-likeness (QED) is 0.694. The second-order valence-electron chi connectivity index (χ2n) is 2.82. The maximum Gasteiger partial charge on any atom is 0.0497 e. The Labute approximate surface area is 66.9 Å². The zero-order valence-electron chi connectivity index (χ0n) is 6.91. The van der Waals surface area contributed by atoms with Crippen LogP contribution in [0.2, 0.25) is 0 Å². The third-order valence-corrected chi connectivity index (χ3v) is 1.87. The van der Waals surface area contributed by atoms with E-state index in [1.54, 1.807) is 6.20 Å². The Bertz CT molecular complexity index is 235. The molecular formula is C9H13NO. The van der Waals surface area contributed by atoms with Crippen molar-refractivity contribution in [3.63, 3.8) is 0 Å². The summed E-state index contributed by atoms with van der Waals surface area (Å²) in [5.74, 6) is 0.220. The number of rotatable bonds is 2. The van der Waals surface area contributed by atoms with Crippen LogP contribution in [0.15, 0.2) is 18.5 Å². The van der Waals surface area contributed by atoms with Gasteiger partial charge in [-0.05, 0) is 24.1 Å². The Morgan fingerprint density at radius 1 is 1.64 bits per heavy atom. The van der Waals surface area contributed by atoms with Crippen molar-refractivity contribution in [1.82, 2.24) is 4.98 Å². The first kappa shape index (κ1) is 8.21. The van der Waals surface area contributed by atoms with Gasteiger partial charge in [-0.15, -0.1) is 0 Å². The maximum absolute atomic E-state index is 8.89. The summed E-state index contributed by atoms with van der Waals surface area (Å²) in [6.45, 7) is 4.21. The fraction of sp³-hybridized carbons (Fsp3) is 0.444. The van der Waals surface area contributed by atoms with Crippen LogP contribution < -0.4 is 0 Å². The van der Waals surface area contributed by atoms with Gasteiger partial charge < -0.3 is 5.11 Å². The fourth-order valence-electron chi connectivity index (χ4n) is 1.14. The molecule has 1 N–H and O–H groups in total. The van der Waals surface area contributed by atoms with Gasteiger partial charge in [0, 0.05) is 24.9 Å². The smallest absolute Gasteiger partial charge is 0.0497 e. The lowest BCUT2D eigenvalue weighted by Crippen LogP contribution is -2.01. The summed E-state index contributed by atoms with van der Waals surface area (Å²) < 4.78 is 0. The van der Waals surface area contributed by atoms with Gasteiger partial charge in [-0.25, -0.2) is 0 Å². The summed E-state index contributed by atoms with van der Waals surface area (Å²) >= 11 is 0. The second-order valence-corrected chi connectivity index (χ2v) is 2.82. The van der Waals surface area contributed by atoms with Crippen molar-refractivity contribution in [2.24, 2.45) is 0 Å². The molecule has 1 atom stereocenters. The minimum atomic E-state index is 0.199. The summed E-state index contributed by atoms with van der Waals surface area (Å²) in [5, 5.41) is 8.89. The minimum absolute atomic E-state index is 0.199. The van der Waals surface area contributed by atoms with Crippen LogP contribution in [0.1, 0.15) is 24.0 Å². The molecule has 0 amide bonds. The number of aliphatic hydroxyl groups is 1. The molecule has 1 aromatic heterocycles. The van der Waals surface area contributed by atoms with E-state index < -0.39 is 0 Å². The molecule has 0 saturated carbocycles. The van der Waals surface area contributed by atoms with Crippen molar-refractivity contribution in [3.8, 4) is 0 Å². The summed E-state index contributed by atoms with van der Waals surface area (Å²) in [7, 11) is 0. The van der Waals surface area contributed by atoms with Crippen molar-refractivity contribution in [1.29, 1.82) is 0 Å². The van der Waals surface area contributed by atoms with Crippen LogP contribution in [0.5, 0.6) is 0 Å². The Balaban J connectivity index is 2.93. The molecule has 2 nitrogen and oxygen atoms in total. The van der Waals surface area contributed by atoms with E-state index in [9.17, 15) is 0 Å². The van der Waals surface area contributed by atoms with Crippen LogP contribution in [-0.4, -0.2) is 16.7 Å². The number of aliphatic hydroxyl groups excluding tert-OH is 1. The highest BCUT2D eigenvalue weighted by Crippen LogP contribution is 2.16. The van der Waals surface area contributed by atoms with Gasteiger partial charge in [0.05, 0.1) is 0 Å². The van der Waals surface area contributed by atoms with Crippen molar-refractivity contribution < 1.29 is 5.11 Å². The zero-order chi connectivity index (χ0) is 8.27. The second kappa shape index (κ2) is 3.49. The first-order valence-electron chi connectivity index (χ1n) is 3.77. The lowest BCUT2D eigenvalue weighted by Gasteiger charge is -2.09. The van der Waals surface area contributed by atoms with Crippen LogP contribution in [0.4, 0.5) is 0 Å². The maximum atomic E-state index is 8.89. The van der Waals surface area contributed by atoms with Gasteiger partial charge in [0.15, 0.2) is 0 Å². The normalized spacial score (nSPS) is 13.0. The van der Waals surface area contributed by atoms with E-state index in [1.165, 1.54) is 5.56 Å². The number of nitrogens with zero attached hydrogens (tertiary/aromatic N) is 1. The fourth-order valence-corrected chi connectivity index (χ4v) is 1.14. The van der Waals surface area contributed by atoms with Crippen LogP contribution in [0.3, 0.4) is 0 Å². The number of hydrogen-bond acceptors (Lipinski definition) is 2. The molecule has 0 spiro atoms. The van der Waals surface area contributed by atoms with Gasteiger partial charge in [0.25, 0.3) is 0 Å². The molecular weight excluding hydrogens is 138 g/mol. The number of pyridine rings is 1. The molecule has 0 bridgehead atoms. The average molecular weight is 151 g/mol. The van der Waals surface area contributed by atoms with E-state index in [-0.39, 0.29) is 12.5 Å². The van der Waals surface area contributed by atoms with Crippen molar-refractivity contribution in [2.45, 2.75) is 19.8 Å². The summed E-state index contributed by atoms with van der Waals surface area (Å²) in [4.78, 5) is 3.98. The predicted molar refractivity (Wildman–Crippen MR) is 44.5 cm³/mol. The highest BCUT2D eigenvalue weighted by Gasteiger charge is 2.05. The minimum Gasteiger partial charge on any atom is -0.396 e. The SMILES string of the molecule is Cc1cnccc1C(C)CO. The highest BCUT2D eigenvalue weighted by atomic mass is 16.3. The molecule has 1 aromatic rings. The van der Waals surface area contributed by atoms with Gasteiger partial charge in [0.2, 0.25) is 0 Å². The first-order valence-corrected chi connectivity index (χ1v) is 3.77. The Hall–Kier alpha value is -0.890. The van der Waals surface area contributed by atoms with E-state index in [1.807, 2.05) is 26.1 Å². The molecule has 0 fully saturated rings. The van der Waals surface area contributed by atoms with E-state index in [0.717, 1.165) is 5.56 Å². The monoisotopic (exact) mass is 151 g/mol. The molecule has 0 aliphatic heterocycles. The Morgan fingerprint density at radius 3 is 2.91 bits per heavy atom. The van der Waals surface area contributed by atoms with Gasteiger partial charge in [-0.1, -0.05) is 6.92 Å². The molecule has 2 heteroatoms. The largest absolute Gasteiger partial charge is 0.396 e. The lowest BCUT2D eigenvalue weighted by atomic mass is 9.99. The number of aryl methyl sites for hydroxylation is 1. The first-order chi connectivity index (χ1) is 5.25. The van der Waals surface area contributed by atoms with Crippen molar-refractivity contribution in [2.75, 3.05) is 6.61 Å². The number of hydrogen-bond donors (Lipinski definition) is 1. The predicted octanol–water partition coefficient (Wildman–Crippen LogP) is 1.49. The lowest BCUT2D eigenvalue weighted by molar-refractivity contribution is 0.272. The molecule has 0 aromatic carbocycles. The van der Waals surface area contributed by atoms with E-state index in [0.29, 0.717) is 0 Å². The molecule has 1 unspecified atom stereocenters. The standard InChI is InChI=1S/C9H13NO/c1-7-5-10-4-3-9(7)8(2)6-11/h3-5,8,11H,6H2,1-2H3. The molecule has 1 rings (SSSR count). The van der Waals surface area contributed by atoms with Crippen molar-refractivity contribution in [3.05, 3.63) is 29.6 Å². The van der Waals surface area contributed by atoms with Crippen molar-refractivity contribution >= 4 is 0 Å². The van der Waals surface area contributed by atoms with Crippen LogP contribution in [0, 0.1) is 6.92 Å². The van der Waals surface area contributed by atoms with Gasteiger partial charge >= 0.3 is 0 Å². The third kappa shape index (κ3) is 1.77. The van der Waals surface area contributed by atoms with Gasteiger partial charge in [0.1, 0.15) is 0 Å². The summed E-state index contributed by atoms with van der Waals surface area (Å²) in [5.41, 5.74) is 2.33. The Morgan fingerprint density at radius 2 is 2.36 bits per heavy atom. The summed E-state index contributed by atoms with van der Waals surface area (Å²) in [6.07, 6.45) is 3.58. The highest BCUT2D eigenvalue weighted by molar-refractivity contribution is 5.25. The van der Waals surface area contributed by atoms with Crippen LogP contribution >= 0.6 is 0 Å². The molecule has 60 valence electrons. The molecule has 0 aliphatic rings. The summed E-state index contributed by atoms with van der Waals surface area (Å²) in [6, 6.07) is 1.95. The Kier molecular flexibility index (Phi) is 2.60. The van der Waals surface area contributed by atoms with E-state index in [4.69, 9.17) is 5.11 Å². The topological polar surface area (TPSA) is 33.1 Å². The zero-order valence-corrected chi connectivity index (χ0v) is 6.91. The molecule has 0 aliphatic carbocycles. The third-order valence-electron chi connectivity index (χ3n) is 1.87. The van der Waals surface area contributed by atoms with Gasteiger partial charge in [-0.3, -0.25) is 4.98 Å². The molecule has 0 saturated heterocycles. The van der Waals surface area contributed by atoms with E-state index in [2.05, 4.69) is 4.98 Å². The van der Waals surface area contributed by atoms with Crippen LogP contribution in [0.25, 0.3) is 0 Å². The van der Waals surface area contributed by atoms with E-state index >= 15 is 0 Å². The van der Waals surface area contributed by atoms with Gasteiger partial charge in [-0.2, -0.15) is 0 Å². The molecule has 1 heterocycles. The number of aromatic nitrogens is 1. The average Bonchev–Trinajstić information content (AvgIpc) is 2.04. The van der Waals surface area contributed by atoms with Crippen LogP contribution in [-0.2, 0) is 0 Å². The molecule has 11 heavy (non-hydrogen) atoms.